The number of aryl methyl sites for hydroxylation is 1. The standard InChI is InChI=1S/C31H38ClN6O4/c1-20-34-35-29-25(19-27(39)36-14-7-16-38(5,17-15-36)30(40)42-31(2,3)4)33-28(21-8-10-22(32)11-9-21)24-18-23(41-6)12-13-26(24)37(20)29/h8-13,18,25H,7,14-17,19H2,1-6H3/q+1. The summed E-state index contributed by atoms with van der Waals surface area (Å²) in [4.78, 5) is 33.9. The fraction of sp³-hybridized carbons (Fsp3) is 0.452. The SMILES string of the molecule is COc1ccc2c(c1)C(c1ccc(Cl)cc1)=NC(CC(=O)N1CCC[N+](C)(C(=O)OC(C)(C)C)CC1)c1nnc(C)n1-2. The molecule has 0 N–H and O–H groups in total. The van der Waals surface area contributed by atoms with Crippen LogP contribution >= 0.6 is 11.6 Å². The number of hydrogen-bond acceptors (Lipinski definition) is 7. The summed E-state index contributed by atoms with van der Waals surface area (Å²) >= 11 is 6.21. The van der Waals surface area contributed by atoms with Gasteiger partial charge in [-0.3, -0.25) is 14.4 Å². The van der Waals surface area contributed by atoms with E-state index in [1.807, 2.05) is 86.7 Å². The maximum Gasteiger partial charge on any atom is 0.516 e. The number of fused-ring (bicyclic) bond motifs is 3. The Hall–Kier alpha value is -3.76. The molecule has 2 aliphatic heterocycles. The summed E-state index contributed by atoms with van der Waals surface area (Å²) in [5.74, 6) is 1.93. The van der Waals surface area contributed by atoms with Crippen LogP contribution in [0.1, 0.15) is 62.4 Å². The fourth-order valence-electron chi connectivity index (χ4n) is 5.45. The van der Waals surface area contributed by atoms with E-state index < -0.39 is 11.6 Å². The first kappa shape index (κ1) is 29.7. The molecule has 3 heterocycles. The van der Waals surface area contributed by atoms with Gasteiger partial charge in [-0.05, 0) is 58.0 Å². The molecule has 2 amide bonds. The molecule has 0 bridgehead atoms. The molecule has 0 aliphatic carbocycles. The summed E-state index contributed by atoms with van der Waals surface area (Å²) in [5, 5.41) is 9.48. The predicted molar refractivity (Wildman–Crippen MR) is 160 cm³/mol. The zero-order valence-electron chi connectivity index (χ0n) is 25.1. The zero-order chi connectivity index (χ0) is 30.2. The van der Waals surface area contributed by atoms with Crippen molar-refractivity contribution in [2.75, 3.05) is 40.3 Å². The number of hydrogen-bond donors (Lipinski definition) is 0. The summed E-state index contributed by atoms with van der Waals surface area (Å²) in [5.41, 5.74) is 2.71. The lowest BCUT2D eigenvalue weighted by molar-refractivity contribution is -0.836. The van der Waals surface area contributed by atoms with Gasteiger partial charge in [0.2, 0.25) is 5.91 Å². The highest BCUT2D eigenvalue weighted by Crippen LogP contribution is 2.35. The van der Waals surface area contributed by atoms with Crippen LogP contribution in [0.3, 0.4) is 0 Å². The minimum Gasteiger partial charge on any atom is -0.497 e. The highest BCUT2D eigenvalue weighted by molar-refractivity contribution is 6.30. The second-order valence-corrected chi connectivity index (χ2v) is 12.5. The minimum absolute atomic E-state index is 0.0485. The van der Waals surface area contributed by atoms with E-state index >= 15 is 0 Å². The number of methoxy groups -OCH3 is 1. The Morgan fingerprint density at radius 3 is 2.50 bits per heavy atom. The van der Waals surface area contributed by atoms with Gasteiger partial charge in [0.25, 0.3) is 0 Å². The van der Waals surface area contributed by atoms with Crippen molar-refractivity contribution in [2.45, 2.75) is 52.2 Å². The van der Waals surface area contributed by atoms with Gasteiger partial charge in [0.05, 0.1) is 45.1 Å². The zero-order valence-corrected chi connectivity index (χ0v) is 25.8. The van der Waals surface area contributed by atoms with Crippen LogP contribution in [0.15, 0.2) is 47.5 Å². The molecule has 10 nitrogen and oxygen atoms in total. The molecule has 11 heteroatoms. The third-order valence-electron chi connectivity index (χ3n) is 7.75. The maximum absolute atomic E-state index is 13.9. The van der Waals surface area contributed by atoms with Crippen LogP contribution in [0.2, 0.25) is 5.02 Å². The Balaban J connectivity index is 1.48. The van der Waals surface area contributed by atoms with Crippen LogP contribution in [0.25, 0.3) is 5.69 Å². The number of quaternary nitrogens is 1. The molecule has 0 saturated carbocycles. The van der Waals surface area contributed by atoms with Crippen LogP contribution in [0.5, 0.6) is 5.75 Å². The van der Waals surface area contributed by atoms with E-state index in [1.54, 1.807) is 7.11 Å². The van der Waals surface area contributed by atoms with E-state index in [4.69, 9.17) is 26.1 Å². The first-order valence-corrected chi connectivity index (χ1v) is 14.6. The molecule has 0 radical (unpaired) electrons. The van der Waals surface area contributed by atoms with Gasteiger partial charge in [0.1, 0.15) is 29.8 Å². The van der Waals surface area contributed by atoms with E-state index in [2.05, 4.69) is 10.2 Å². The number of likely N-dealkylation sites (N-methyl/N-ethyl adjacent to an activating group) is 1. The number of ether oxygens (including phenoxy) is 2. The van der Waals surface area contributed by atoms with Crippen molar-refractivity contribution >= 4 is 29.3 Å². The summed E-state index contributed by atoms with van der Waals surface area (Å²) in [6, 6.07) is 12.7. The molecule has 42 heavy (non-hydrogen) atoms. The van der Waals surface area contributed by atoms with Gasteiger partial charge >= 0.3 is 6.09 Å². The van der Waals surface area contributed by atoms with Crippen molar-refractivity contribution in [1.29, 1.82) is 0 Å². The van der Waals surface area contributed by atoms with Crippen molar-refractivity contribution < 1.29 is 23.5 Å². The quantitative estimate of drug-likeness (QED) is 0.389. The molecule has 2 aromatic carbocycles. The number of amides is 2. The molecule has 2 atom stereocenters. The summed E-state index contributed by atoms with van der Waals surface area (Å²) < 4.78 is 13.4. The summed E-state index contributed by atoms with van der Waals surface area (Å²) in [6.07, 6.45) is 0.525. The minimum atomic E-state index is -0.585. The maximum atomic E-state index is 13.9. The number of aromatic nitrogens is 3. The molecule has 222 valence electrons. The Labute approximate surface area is 251 Å². The number of nitrogens with zero attached hydrogens (tertiary/aromatic N) is 6. The number of aliphatic imine (C=N–C) groups is 1. The van der Waals surface area contributed by atoms with Crippen molar-refractivity contribution in [3.05, 3.63) is 70.3 Å². The first-order valence-electron chi connectivity index (χ1n) is 14.2. The normalized spacial score (nSPS) is 20.5. The molecule has 1 aromatic heterocycles. The Kier molecular flexibility index (Phi) is 8.13. The summed E-state index contributed by atoms with van der Waals surface area (Å²) in [6.45, 7) is 9.57. The van der Waals surface area contributed by atoms with Gasteiger partial charge in [-0.25, -0.2) is 4.48 Å². The van der Waals surface area contributed by atoms with Gasteiger partial charge in [-0.2, -0.15) is 4.79 Å². The molecule has 3 aromatic rings. The van der Waals surface area contributed by atoms with Gasteiger partial charge in [-0.1, -0.05) is 23.7 Å². The highest BCUT2D eigenvalue weighted by Gasteiger charge is 2.40. The third kappa shape index (κ3) is 6.05. The second-order valence-electron chi connectivity index (χ2n) is 12.1. The van der Waals surface area contributed by atoms with Crippen LogP contribution < -0.4 is 4.74 Å². The lowest BCUT2D eigenvalue weighted by atomic mass is 10.00. The van der Waals surface area contributed by atoms with Crippen molar-refractivity contribution in [3.63, 3.8) is 0 Å². The van der Waals surface area contributed by atoms with Crippen LogP contribution in [0, 0.1) is 6.92 Å². The molecule has 2 unspecified atom stereocenters. The molecule has 1 fully saturated rings. The van der Waals surface area contributed by atoms with E-state index in [0.717, 1.165) is 16.8 Å². The van der Waals surface area contributed by atoms with Gasteiger partial charge in [0.15, 0.2) is 5.82 Å². The van der Waals surface area contributed by atoms with Crippen LogP contribution in [0.4, 0.5) is 4.79 Å². The number of carbonyl (C=O) groups excluding carboxylic acids is 2. The fourth-order valence-corrected chi connectivity index (χ4v) is 5.58. The van der Waals surface area contributed by atoms with Gasteiger partial charge in [0, 0.05) is 29.1 Å². The topological polar surface area (TPSA) is 98.9 Å². The number of benzene rings is 2. The highest BCUT2D eigenvalue weighted by atomic mass is 35.5. The smallest absolute Gasteiger partial charge is 0.497 e. The summed E-state index contributed by atoms with van der Waals surface area (Å²) in [7, 11) is 3.51. The average Bonchev–Trinajstić information content (AvgIpc) is 3.12. The molecule has 0 spiro atoms. The first-order chi connectivity index (χ1) is 19.9. The van der Waals surface area contributed by atoms with Crippen molar-refractivity contribution in [2.24, 2.45) is 4.99 Å². The Bertz CT molecular complexity index is 1530. The van der Waals surface area contributed by atoms with Gasteiger partial charge in [-0.15, -0.1) is 10.2 Å². The number of rotatable bonds is 4. The van der Waals surface area contributed by atoms with E-state index in [-0.39, 0.29) is 22.9 Å². The molecular weight excluding hydrogens is 556 g/mol. The van der Waals surface area contributed by atoms with Crippen LogP contribution in [-0.4, -0.2) is 87.8 Å². The number of carbonyl (C=O) groups is 2. The largest absolute Gasteiger partial charge is 0.516 e. The lowest BCUT2D eigenvalue weighted by Crippen LogP contribution is -2.53. The Morgan fingerprint density at radius 2 is 1.81 bits per heavy atom. The van der Waals surface area contributed by atoms with Crippen molar-refractivity contribution in [3.8, 4) is 11.4 Å². The van der Waals surface area contributed by atoms with E-state index in [9.17, 15) is 9.59 Å². The average molecular weight is 594 g/mol. The lowest BCUT2D eigenvalue weighted by Gasteiger charge is -2.32. The molecule has 2 aliphatic rings. The second kappa shape index (κ2) is 11.5. The number of halogens is 1. The molecule has 5 rings (SSSR count). The molecular formula is C31H38ClN6O4+. The Morgan fingerprint density at radius 1 is 1.07 bits per heavy atom. The molecule has 1 saturated heterocycles. The monoisotopic (exact) mass is 593 g/mol. The third-order valence-corrected chi connectivity index (χ3v) is 8.00. The van der Waals surface area contributed by atoms with Crippen molar-refractivity contribution in [1.82, 2.24) is 19.7 Å². The van der Waals surface area contributed by atoms with Gasteiger partial charge < -0.3 is 14.4 Å². The predicted octanol–water partition coefficient (Wildman–Crippen LogP) is 5.13. The van der Waals surface area contributed by atoms with Crippen LogP contribution in [-0.2, 0) is 9.53 Å². The van der Waals surface area contributed by atoms with E-state index in [0.29, 0.717) is 60.7 Å². The van der Waals surface area contributed by atoms with E-state index in [1.165, 1.54) is 0 Å².